The summed E-state index contributed by atoms with van der Waals surface area (Å²) in [6.45, 7) is 2.20. The van der Waals surface area contributed by atoms with E-state index in [1.54, 1.807) is 0 Å². The third kappa shape index (κ3) is 3.77. The summed E-state index contributed by atoms with van der Waals surface area (Å²) in [5, 5.41) is 2.39. The molecular weight excluding hydrogens is 354 g/mol. The maximum absolute atomic E-state index is 13.6. The van der Waals surface area contributed by atoms with Gasteiger partial charge in [0.15, 0.2) is 11.6 Å². The molecule has 0 aliphatic rings. The van der Waals surface area contributed by atoms with Crippen LogP contribution in [0.1, 0.15) is 56.3 Å². The summed E-state index contributed by atoms with van der Waals surface area (Å²) < 4.78 is 27.2. The van der Waals surface area contributed by atoms with Crippen LogP contribution in [-0.2, 0) is 0 Å². The summed E-state index contributed by atoms with van der Waals surface area (Å²) in [6.07, 6.45) is 5.60. The number of H-pyrrole nitrogens is 1. The number of aromatic nitrogens is 2. The highest BCUT2D eigenvalue weighted by molar-refractivity contribution is 5.83. The van der Waals surface area contributed by atoms with Crippen LogP contribution in [0.15, 0.2) is 54.6 Å². The summed E-state index contributed by atoms with van der Waals surface area (Å²) in [7, 11) is 0. The van der Waals surface area contributed by atoms with Crippen molar-refractivity contribution in [3.8, 4) is 0 Å². The maximum atomic E-state index is 13.6. The van der Waals surface area contributed by atoms with Gasteiger partial charge in [0.1, 0.15) is 5.82 Å². The van der Waals surface area contributed by atoms with Gasteiger partial charge in [-0.2, -0.15) is 0 Å². The molecule has 0 fully saturated rings. The molecule has 0 bridgehead atoms. The Bertz CT molecular complexity index is 1060. The normalized spacial score (nSPS) is 12.7. The Kier molecular flexibility index (Phi) is 5.38. The molecule has 0 aliphatic carbocycles. The molecule has 0 saturated heterocycles. The third-order valence-electron chi connectivity index (χ3n) is 5.39. The van der Waals surface area contributed by atoms with E-state index in [0.717, 1.165) is 18.7 Å². The molecule has 4 aromatic rings. The molecule has 4 rings (SSSR count). The lowest BCUT2D eigenvalue weighted by Crippen LogP contribution is -2.04. The van der Waals surface area contributed by atoms with Crippen LogP contribution < -0.4 is 0 Å². The summed E-state index contributed by atoms with van der Waals surface area (Å²) in [5.74, 6) is -0.879. The number of nitrogens with zero attached hydrogens (tertiary/aromatic N) is 1. The first kappa shape index (κ1) is 18.6. The summed E-state index contributed by atoms with van der Waals surface area (Å²) in [5.41, 5.74) is 2.18. The number of hydrogen-bond acceptors (Lipinski definition) is 1. The largest absolute Gasteiger partial charge is 0.341 e. The van der Waals surface area contributed by atoms with Gasteiger partial charge >= 0.3 is 0 Å². The molecule has 144 valence electrons. The fourth-order valence-corrected chi connectivity index (χ4v) is 3.85. The zero-order valence-electron chi connectivity index (χ0n) is 16.0. The van der Waals surface area contributed by atoms with Gasteiger partial charge in [-0.1, -0.05) is 75.1 Å². The second kappa shape index (κ2) is 8.09. The number of halogens is 2. The van der Waals surface area contributed by atoms with Crippen molar-refractivity contribution < 1.29 is 8.78 Å². The van der Waals surface area contributed by atoms with Gasteiger partial charge in [0, 0.05) is 18.1 Å². The molecule has 1 aromatic heterocycles. The van der Waals surface area contributed by atoms with Gasteiger partial charge in [0.25, 0.3) is 0 Å². The van der Waals surface area contributed by atoms with Gasteiger partial charge in [-0.3, -0.25) is 0 Å². The lowest BCUT2D eigenvalue weighted by atomic mass is 9.90. The molecule has 0 aliphatic heterocycles. The number of fused-ring (bicyclic) bond motifs is 2. The molecule has 28 heavy (non-hydrogen) atoms. The van der Waals surface area contributed by atoms with Gasteiger partial charge in [0.2, 0.25) is 0 Å². The number of aromatic amines is 1. The van der Waals surface area contributed by atoms with Gasteiger partial charge in [-0.05, 0) is 22.8 Å². The number of nitrogens with one attached hydrogen (secondary N) is 1. The molecule has 4 heteroatoms. The molecular formula is C24H24F2N2. The van der Waals surface area contributed by atoms with E-state index in [4.69, 9.17) is 0 Å². The predicted octanol–water partition coefficient (Wildman–Crippen LogP) is 7.10. The zero-order valence-corrected chi connectivity index (χ0v) is 16.0. The fourth-order valence-electron chi connectivity index (χ4n) is 3.85. The van der Waals surface area contributed by atoms with Crippen LogP contribution in [0.3, 0.4) is 0 Å². The van der Waals surface area contributed by atoms with Crippen molar-refractivity contribution in [1.29, 1.82) is 0 Å². The quantitative estimate of drug-likeness (QED) is 0.341. The van der Waals surface area contributed by atoms with E-state index in [9.17, 15) is 8.78 Å². The summed E-state index contributed by atoms with van der Waals surface area (Å²) in [6, 6.07) is 17.1. The number of benzene rings is 3. The average molecular weight is 378 g/mol. The molecule has 0 spiro atoms. The van der Waals surface area contributed by atoms with Crippen LogP contribution in [-0.4, -0.2) is 9.97 Å². The highest BCUT2D eigenvalue weighted by atomic mass is 19.2. The van der Waals surface area contributed by atoms with Crippen molar-refractivity contribution in [2.45, 2.75) is 44.9 Å². The molecule has 3 aromatic carbocycles. The zero-order chi connectivity index (χ0) is 19.5. The van der Waals surface area contributed by atoms with E-state index < -0.39 is 11.6 Å². The first-order valence-corrected chi connectivity index (χ1v) is 9.99. The molecule has 0 amide bonds. The van der Waals surface area contributed by atoms with E-state index >= 15 is 0 Å². The summed E-state index contributed by atoms with van der Waals surface area (Å²) >= 11 is 0. The molecule has 2 nitrogen and oxygen atoms in total. The van der Waals surface area contributed by atoms with Crippen LogP contribution in [0.5, 0.6) is 0 Å². The third-order valence-corrected chi connectivity index (χ3v) is 5.39. The molecule has 0 saturated carbocycles. The highest BCUT2D eigenvalue weighted by Crippen LogP contribution is 2.32. The van der Waals surface area contributed by atoms with Crippen LogP contribution in [0.2, 0.25) is 0 Å². The van der Waals surface area contributed by atoms with E-state index in [1.165, 1.54) is 47.7 Å². The Balaban J connectivity index is 1.73. The molecule has 1 N–H and O–H groups in total. The van der Waals surface area contributed by atoms with E-state index in [2.05, 4.69) is 47.2 Å². The lowest BCUT2D eigenvalue weighted by Gasteiger charge is -2.16. The van der Waals surface area contributed by atoms with Crippen molar-refractivity contribution in [1.82, 2.24) is 9.97 Å². The Morgan fingerprint density at radius 1 is 0.893 bits per heavy atom. The van der Waals surface area contributed by atoms with Gasteiger partial charge in [-0.15, -0.1) is 0 Å². The van der Waals surface area contributed by atoms with Gasteiger partial charge < -0.3 is 4.98 Å². The Morgan fingerprint density at radius 2 is 1.68 bits per heavy atom. The van der Waals surface area contributed by atoms with Gasteiger partial charge in [0.05, 0.1) is 11.0 Å². The standard InChI is InChI=1S/C24H24F2N2/c1-2-3-4-5-10-19(18-12-11-16-8-6-7-9-17(16)13-18)24-27-22-14-20(25)21(26)15-23(22)28-24/h6-9,11-15,19H,2-5,10H2,1H3,(H,27,28). The maximum Gasteiger partial charge on any atom is 0.161 e. The second-order valence-corrected chi connectivity index (χ2v) is 7.41. The van der Waals surface area contributed by atoms with Crippen molar-refractivity contribution in [2.24, 2.45) is 0 Å². The van der Waals surface area contributed by atoms with Crippen molar-refractivity contribution >= 4 is 21.8 Å². The number of unbranched alkanes of at least 4 members (excludes halogenated alkanes) is 3. The summed E-state index contributed by atoms with van der Waals surface area (Å²) in [4.78, 5) is 7.84. The topological polar surface area (TPSA) is 28.7 Å². The van der Waals surface area contributed by atoms with Crippen molar-refractivity contribution in [3.05, 3.63) is 77.6 Å². The molecule has 1 unspecified atom stereocenters. The Morgan fingerprint density at radius 3 is 2.50 bits per heavy atom. The van der Waals surface area contributed by atoms with E-state index in [-0.39, 0.29) is 5.92 Å². The van der Waals surface area contributed by atoms with E-state index in [1.807, 2.05) is 12.1 Å². The van der Waals surface area contributed by atoms with Crippen LogP contribution in [0, 0.1) is 11.6 Å². The lowest BCUT2D eigenvalue weighted by molar-refractivity contribution is 0.510. The van der Waals surface area contributed by atoms with Crippen molar-refractivity contribution in [3.63, 3.8) is 0 Å². The molecule has 0 radical (unpaired) electrons. The van der Waals surface area contributed by atoms with Gasteiger partial charge in [-0.25, -0.2) is 13.8 Å². The monoisotopic (exact) mass is 378 g/mol. The molecule has 1 heterocycles. The number of hydrogen-bond donors (Lipinski definition) is 1. The SMILES string of the molecule is CCCCCCC(c1ccc2ccccc2c1)c1nc2cc(F)c(F)cc2[nH]1. The van der Waals surface area contributed by atoms with Crippen molar-refractivity contribution in [2.75, 3.05) is 0 Å². The molecule has 1 atom stereocenters. The minimum atomic E-state index is -0.865. The van der Waals surface area contributed by atoms with E-state index in [0.29, 0.717) is 11.0 Å². The number of rotatable bonds is 7. The number of imidazole rings is 1. The first-order valence-electron chi connectivity index (χ1n) is 9.99. The predicted molar refractivity (Wildman–Crippen MR) is 111 cm³/mol. The Labute approximate surface area is 163 Å². The fraction of sp³-hybridized carbons (Fsp3) is 0.292. The van der Waals surface area contributed by atoms with Crippen LogP contribution >= 0.6 is 0 Å². The first-order chi connectivity index (χ1) is 13.7. The minimum absolute atomic E-state index is 0.0694. The minimum Gasteiger partial charge on any atom is -0.341 e. The second-order valence-electron chi connectivity index (χ2n) is 7.41. The highest BCUT2D eigenvalue weighted by Gasteiger charge is 2.19. The Hall–Kier alpha value is -2.75. The smallest absolute Gasteiger partial charge is 0.161 e. The van der Waals surface area contributed by atoms with Crippen LogP contribution in [0.4, 0.5) is 8.78 Å². The average Bonchev–Trinajstić information content (AvgIpc) is 3.10. The van der Waals surface area contributed by atoms with Crippen LogP contribution in [0.25, 0.3) is 21.8 Å².